The zero-order chi connectivity index (χ0) is 13.4. The lowest BCUT2D eigenvalue weighted by molar-refractivity contribution is -0.128. The van der Waals surface area contributed by atoms with Crippen molar-refractivity contribution < 1.29 is 9.59 Å². The average Bonchev–Trinajstić information content (AvgIpc) is 2.38. The highest BCUT2D eigenvalue weighted by atomic mass is 16.2. The van der Waals surface area contributed by atoms with Crippen LogP contribution in [0.15, 0.2) is 30.3 Å². The van der Waals surface area contributed by atoms with Gasteiger partial charge in [-0.15, -0.1) is 0 Å². The number of nitrogens with one attached hydrogen (secondary N) is 2. The van der Waals surface area contributed by atoms with E-state index in [9.17, 15) is 9.59 Å². The minimum absolute atomic E-state index is 0.204. The Hall–Kier alpha value is -1.88. The first-order valence-corrected chi connectivity index (χ1v) is 5.92. The second-order valence-corrected chi connectivity index (χ2v) is 3.96. The number of rotatable bonds is 6. The minimum atomic E-state index is -0.559. The van der Waals surface area contributed by atoms with E-state index in [4.69, 9.17) is 5.73 Å². The van der Waals surface area contributed by atoms with E-state index in [0.29, 0.717) is 6.42 Å². The minimum Gasteiger partial charge on any atom is -0.357 e. The van der Waals surface area contributed by atoms with Crippen molar-refractivity contribution in [2.24, 2.45) is 5.73 Å². The molecule has 0 aliphatic carbocycles. The molecule has 0 saturated heterocycles. The van der Waals surface area contributed by atoms with Crippen LogP contribution in [-0.4, -0.2) is 31.4 Å². The number of benzene rings is 1. The lowest BCUT2D eigenvalue weighted by atomic mass is 10.1. The van der Waals surface area contributed by atoms with Crippen molar-refractivity contribution in [1.82, 2.24) is 10.6 Å². The predicted octanol–water partition coefficient (Wildman–Crippen LogP) is -0.191. The Kier molecular flexibility index (Phi) is 5.87. The molecule has 1 aromatic rings. The summed E-state index contributed by atoms with van der Waals surface area (Å²) >= 11 is 0. The molecule has 0 aromatic heterocycles. The first-order valence-electron chi connectivity index (χ1n) is 5.92. The molecular weight excluding hydrogens is 230 g/mol. The number of carbonyl (C=O) groups is 2. The third kappa shape index (κ3) is 4.55. The Bertz CT molecular complexity index is 392. The third-order valence-corrected chi connectivity index (χ3v) is 2.55. The van der Waals surface area contributed by atoms with Gasteiger partial charge in [-0.2, -0.15) is 0 Å². The first-order chi connectivity index (χ1) is 8.67. The molecule has 2 amide bonds. The van der Waals surface area contributed by atoms with E-state index >= 15 is 0 Å². The van der Waals surface area contributed by atoms with Crippen molar-refractivity contribution in [1.29, 1.82) is 0 Å². The van der Waals surface area contributed by atoms with Gasteiger partial charge in [-0.25, -0.2) is 0 Å². The maximum Gasteiger partial charge on any atom is 0.242 e. The van der Waals surface area contributed by atoms with Gasteiger partial charge in [0, 0.05) is 26.4 Å². The fraction of sp³-hybridized carbons (Fsp3) is 0.385. The van der Waals surface area contributed by atoms with Gasteiger partial charge in [-0.3, -0.25) is 9.59 Å². The summed E-state index contributed by atoms with van der Waals surface area (Å²) in [5.74, 6) is -0.411. The Morgan fingerprint density at radius 3 is 2.50 bits per heavy atom. The Morgan fingerprint density at radius 1 is 1.28 bits per heavy atom. The molecule has 0 bridgehead atoms. The van der Waals surface area contributed by atoms with Crippen LogP contribution in [0.25, 0.3) is 0 Å². The number of carbonyl (C=O) groups excluding carboxylic acids is 2. The van der Waals surface area contributed by atoms with Gasteiger partial charge in [0.2, 0.25) is 11.8 Å². The van der Waals surface area contributed by atoms with E-state index in [2.05, 4.69) is 10.6 Å². The molecule has 98 valence electrons. The zero-order valence-corrected chi connectivity index (χ0v) is 10.5. The van der Waals surface area contributed by atoms with E-state index < -0.39 is 6.04 Å². The van der Waals surface area contributed by atoms with Crippen LogP contribution in [0.3, 0.4) is 0 Å². The second-order valence-electron chi connectivity index (χ2n) is 3.96. The maximum atomic E-state index is 11.7. The maximum absolute atomic E-state index is 11.7. The molecule has 0 fully saturated rings. The van der Waals surface area contributed by atoms with Crippen LogP contribution < -0.4 is 16.4 Å². The van der Waals surface area contributed by atoms with Crippen LogP contribution in [0.5, 0.6) is 0 Å². The average molecular weight is 249 g/mol. The molecular formula is C13H19N3O2. The molecule has 1 rings (SSSR count). The van der Waals surface area contributed by atoms with Gasteiger partial charge < -0.3 is 16.4 Å². The summed E-state index contributed by atoms with van der Waals surface area (Å²) < 4.78 is 0. The van der Waals surface area contributed by atoms with Crippen molar-refractivity contribution in [2.45, 2.75) is 18.9 Å². The molecule has 1 unspecified atom stereocenters. The lowest BCUT2D eigenvalue weighted by Crippen LogP contribution is -2.47. The molecule has 0 aliphatic rings. The largest absolute Gasteiger partial charge is 0.357 e. The van der Waals surface area contributed by atoms with Crippen molar-refractivity contribution >= 4 is 11.8 Å². The summed E-state index contributed by atoms with van der Waals surface area (Å²) in [5.41, 5.74) is 6.30. The number of hydrogen-bond donors (Lipinski definition) is 3. The summed E-state index contributed by atoms with van der Waals surface area (Å²) in [6.45, 7) is 0.275. The summed E-state index contributed by atoms with van der Waals surface area (Å²) in [4.78, 5) is 23.2. The monoisotopic (exact) mass is 249 g/mol. The molecule has 0 heterocycles. The molecule has 0 spiro atoms. The van der Waals surface area contributed by atoms with E-state index in [1.54, 1.807) is 7.05 Å². The van der Waals surface area contributed by atoms with Crippen LogP contribution in [0.2, 0.25) is 0 Å². The van der Waals surface area contributed by atoms with Crippen molar-refractivity contribution in [2.75, 3.05) is 13.6 Å². The van der Waals surface area contributed by atoms with E-state index in [1.165, 1.54) is 0 Å². The van der Waals surface area contributed by atoms with Gasteiger partial charge in [-0.05, 0) is 5.56 Å². The van der Waals surface area contributed by atoms with Crippen LogP contribution in [0.4, 0.5) is 0 Å². The number of hydrogen-bond acceptors (Lipinski definition) is 3. The molecule has 0 saturated carbocycles. The number of amides is 2. The van der Waals surface area contributed by atoms with E-state index in [1.807, 2.05) is 30.3 Å². The fourth-order valence-corrected chi connectivity index (χ4v) is 1.63. The molecule has 0 radical (unpaired) electrons. The van der Waals surface area contributed by atoms with Gasteiger partial charge >= 0.3 is 0 Å². The van der Waals surface area contributed by atoms with Crippen LogP contribution in [-0.2, 0) is 16.0 Å². The zero-order valence-electron chi connectivity index (χ0n) is 10.5. The van der Waals surface area contributed by atoms with Gasteiger partial charge in [0.25, 0.3) is 0 Å². The quantitative estimate of drug-likeness (QED) is 0.653. The fourth-order valence-electron chi connectivity index (χ4n) is 1.63. The van der Waals surface area contributed by atoms with Crippen LogP contribution in [0.1, 0.15) is 12.0 Å². The molecule has 1 aromatic carbocycles. The summed E-state index contributed by atoms with van der Waals surface area (Å²) in [6, 6.07) is 8.99. The van der Waals surface area contributed by atoms with Crippen LogP contribution >= 0.6 is 0 Å². The molecule has 5 heteroatoms. The third-order valence-electron chi connectivity index (χ3n) is 2.55. The molecule has 18 heavy (non-hydrogen) atoms. The molecule has 1 atom stereocenters. The standard InChI is InChI=1S/C13H19N3O2/c1-15-13(18)11(16-12(17)7-8-14)9-10-5-3-2-4-6-10/h2-6,11H,7-9,14H2,1H3,(H,15,18)(H,16,17). The Morgan fingerprint density at radius 2 is 1.94 bits per heavy atom. The molecule has 5 nitrogen and oxygen atoms in total. The highest BCUT2D eigenvalue weighted by Gasteiger charge is 2.19. The van der Waals surface area contributed by atoms with Gasteiger partial charge in [0.15, 0.2) is 0 Å². The number of nitrogens with two attached hydrogens (primary N) is 1. The number of likely N-dealkylation sites (N-methyl/N-ethyl adjacent to an activating group) is 1. The smallest absolute Gasteiger partial charge is 0.242 e. The van der Waals surface area contributed by atoms with Crippen molar-refractivity contribution in [3.8, 4) is 0 Å². The van der Waals surface area contributed by atoms with Crippen molar-refractivity contribution in [3.63, 3.8) is 0 Å². The lowest BCUT2D eigenvalue weighted by Gasteiger charge is -2.17. The van der Waals surface area contributed by atoms with Gasteiger partial charge in [0.05, 0.1) is 0 Å². The van der Waals surface area contributed by atoms with Crippen LogP contribution in [0, 0.1) is 0 Å². The topological polar surface area (TPSA) is 84.2 Å². The first kappa shape index (κ1) is 14.2. The normalized spacial score (nSPS) is 11.7. The highest BCUT2D eigenvalue weighted by Crippen LogP contribution is 2.03. The molecule has 0 aliphatic heterocycles. The SMILES string of the molecule is CNC(=O)C(Cc1ccccc1)NC(=O)CCN. The summed E-state index contributed by atoms with van der Waals surface area (Å²) in [5, 5.41) is 5.23. The van der Waals surface area contributed by atoms with E-state index in [-0.39, 0.29) is 24.8 Å². The summed E-state index contributed by atoms with van der Waals surface area (Å²) in [7, 11) is 1.55. The Balaban J connectivity index is 2.67. The van der Waals surface area contributed by atoms with Gasteiger partial charge in [0.1, 0.15) is 6.04 Å². The highest BCUT2D eigenvalue weighted by molar-refractivity contribution is 5.87. The predicted molar refractivity (Wildman–Crippen MR) is 69.8 cm³/mol. The van der Waals surface area contributed by atoms with E-state index in [0.717, 1.165) is 5.56 Å². The summed E-state index contributed by atoms with van der Waals surface area (Å²) in [6.07, 6.45) is 0.694. The molecule has 4 N–H and O–H groups in total. The Labute approximate surface area is 107 Å². The second kappa shape index (κ2) is 7.45. The van der Waals surface area contributed by atoms with Gasteiger partial charge in [-0.1, -0.05) is 30.3 Å². The van der Waals surface area contributed by atoms with Crippen molar-refractivity contribution in [3.05, 3.63) is 35.9 Å².